The molecule has 0 unspecified atom stereocenters. The molecule has 0 saturated heterocycles. The van der Waals surface area contributed by atoms with E-state index in [1.165, 1.54) is 6.08 Å². The van der Waals surface area contributed by atoms with Gasteiger partial charge in [-0.25, -0.2) is 0 Å². The molecule has 3 rings (SSSR count). The number of amides is 1. The van der Waals surface area contributed by atoms with Gasteiger partial charge in [0.25, 0.3) is 0 Å². The van der Waals surface area contributed by atoms with Crippen LogP contribution in [0.25, 0.3) is 6.08 Å². The van der Waals surface area contributed by atoms with Crippen LogP contribution in [-0.4, -0.2) is 15.7 Å². The van der Waals surface area contributed by atoms with Crippen molar-refractivity contribution >= 4 is 52.5 Å². The molecule has 1 heterocycles. The smallest absolute Gasteiger partial charge is 0.248 e. The molecule has 7 heteroatoms. The summed E-state index contributed by atoms with van der Waals surface area (Å²) in [6, 6.07) is 12.8. The summed E-state index contributed by atoms with van der Waals surface area (Å²) in [5.41, 5.74) is 4.02. The van der Waals surface area contributed by atoms with Crippen LogP contribution in [-0.2, 0) is 11.3 Å². The molecular weight excluding hydrogens is 417 g/mol. The predicted molar refractivity (Wildman–Crippen MR) is 116 cm³/mol. The summed E-state index contributed by atoms with van der Waals surface area (Å²) < 4.78 is 1.82. The maximum atomic E-state index is 12.3. The van der Waals surface area contributed by atoms with Gasteiger partial charge in [-0.1, -0.05) is 59.1 Å². The summed E-state index contributed by atoms with van der Waals surface area (Å²) in [5.74, 6) is -0.250. The predicted octanol–water partition coefficient (Wildman–Crippen LogP) is 6.16. The molecule has 0 atom stereocenters. The first-order chi connectivity index (χ1) is 13.3. The van der Waals surface area contributed by atoms with Gasteiger partial charge in [0.1, 0.15) is 0 Å². The molecule has 0 fully saturated rings. The lowest BCUT2D eigenvalue weighted by Gasteiger charge is -2.07. The Morgan fingerprint density at radius 3 is 2.54 bits per heavy atom. The second-order valence-electron chi connectivity index (χ2n) is 6.30. The maximum absolute atomic E-state index is 12.3. The third kappa shape index (κ3) is 4.76. The quantitative estimate of drug-likeness (QED) is 0.489. The van der Waals surface area contributed by atoms with Crippen LogP contribution in [0.15, 0.2) is 48.5 Å². The Morgan fingerprint density at radius 1 is 1.07 bits per heavy atom. The summed E-state index contributed by atoms with van der Waals surface area (Å²) in [6.45, 7) is 4.28. The normalized spacial score (nSPS) is 11.2. The maximum Gasteiger partial charge on any atom is 0.248 e. The van der Waals surface area contributed by atoms with Crippen LogP contribution in [0.1, 0.15) is 22.5 Å². The number of halogens is 3. The van der Waals surface area contributed by atoms with E-state index in [1.54, 1.807) is 18.2 Å². The molecule has 0 aliphatic rings. The van der Waals surface area contributed by atoms with E-state index in [4.69, 9.17) is 34.8 Å². The molecule has 3 aromatic rings. The van der Waals surface area contributed by atoms with E-state index < -0.39 is 0 Å². The van der Waals surface area contributed by atoms with Crippen LogP contribution in [0.4, 0.5) is 5.69 Å². The van der Waals surface area contributed by atoms with E-state index in [9.17, 15) is 4.79 Å². The molecule has 1 N–H and O–H groups in total. The Balaban J connectivity index is 1.75. The third-order valence-electron chi connectivity index (χ3n) is 4.27. The van der Waals surface area contributed by atoms with Crippen molar-refractivity contribution in [3.8, 4) is 0 Å². The Labute approximate surface area is 178 Å². The van der Waals surface area contributed by atoms with Crippen molar-refractivity contribution in [2.45, 2.75) is 20.4 Å². The molecule has 144 valence electrons. The molecule has 2 aromatic carbocycles. The van der Waals surface area contributed by atoms with Gasteiger partial charge >= 0.3 is 0 Å². The molecule has 0 aliphatic carbocycles. The number of hydrogen-bond acceptors (Lipinski definition) is 2. The van der Waals surface area contributed by atoms with E-state index in [0.717, 1.165) is 22.5 Å². The first-order valence-corrected chi connectivity index (χ1v) is 9.70. The molecule has 0 aliphatic heterocycles. The van der Waals surface area contributed by atoms with Crippen LogP contribution in [0.3, 0.4) is 0 Å². The van der Waals surface area contributed by atoms with Crippen molar-refractivity contribution in [1.29, 1.82) is 0 Å². The Bertz CT molecular complexity index is 1060. The topological polar surface area (TPSA) is 46.9 Å². The fourth-order valence-corrected chi connectivity index (χ4v) is 3.30. The van der Waals surface area contributed by atoms with E-state index in [2.05, 4.69) is 10.4 Å². The largest absolute Gasteiger partial charge is 0.319 e. The summed E-state index contributed by atoms with van der Waals surface area (Å²) in [7, 11) is 0. The minimum atomic E-state index is -0.250. The highest BCUT2D eigenvalue weighted by Crippen LogP contribution is 2.25. The first-order valence-electron chi connectivity index (χ1n) is 8.56. The molecule has 28 heavy (non-hydrogen) atoms. The van der Waals surface area contributed by atoms with E-state index in [1.807, 2.05) is 48.9 Å². The van der Waals surface area contributed by atoms with Crippen LogP contribution in [0.5, 0.6) is 0 Å². The van der Waals surface area contributed by atoms with Gasteiger partial charge in [-0.15, -0.1) is 0 Å². The van der Waals surface area contributed by atoms with Gasteiger partial charge in [0.05, 0.1) is 33.7 Å². The van der Waals surface area contributed by atoms with Gasteiger partial charge in [-0.2, -0.15) is 5.10 Å². The summed E-state index contributed by atoms with van der Waals surface area (Å²) in [6.07, 6.45) is 3.14. The molecule has 0 spiro atoms. The number of anilines is 1. The number of nitrogens with one attached hydrogen (secondary N) is 1. The Morgan fingerprint density at radius 2 is 1.82 bits per heavy atom. The van der Waals surface area contributed by atoms with Crippen LogP contribution in [0, 0.1) is 13.8 Å². The van der Waals surface area contributed by atoms with Gasteiger partial charge in [0.2, 0.25) is 5.91 Å². The lowest BCUT2D eigenvalue weighted by Crippen LogP contribution is -2.10. The SMILES string of the molecule is Cc1nn(Cc2ccc(Cl)c(Cl)c2)c(C)c1NC(=O)/C=C/c1ccccc1Cl. The van der Waals surface area contributed by atoms with Crippen LogP contribution >= 0.6 is 34.8 Å². The van der Waals surface area contributed by atoms with Gasteiger partial charge in [-0.05, 0) is 49.2 Å². The monoisotopic (exact) mass is 433 g/mol. The number of benzene rings is 2. The zero-order valence-corrected chi connectivity index (χ0v) is 17.6. The number of carbonyl (C=O) groups excluding carboxylic acids is 1. The summed E-state index contributed by atoms with van der Waals surface area (Å²) in [5, 5.41) is 9.02. The van der Waals surface area contributed by atoms with Gasteiger partial charge in [0.15, 0.2) is 0 Å². The second kappa shape index (κ2) is 8.82. The zero-order valence-electron chi connectivity index (χ0n) is 15.3. The highest BCUT2D eigenvalue weighted by Gasteiger charge is 2.14. The second-order valence-corrected chi connectivity index (χ2v) is 7.52. The van der Waals surface area contributed by atoms with Crippen molar-refractivity contribution < 1.29 is 4.79 Å². The number of hydrogen-bond donors (Lipinski definition) is 1. The van der Waals surface area contributed by atoms with Crippen LogP contribution < -0.4 is 5.32 Å². The molecule has 1 amide bonds. The number of aryl methyl sites for hydroxylation is 1. The number of rotatable bonds is 5. The van der Waals surface area contributed by atoms with Crippen molar-refractivity contribution in [2.24, 2.45) is 0 Å². The van der Waals surface area contributed by atoms with Gasteiger partial charge in [-0.3, -0.25) is 9.48 Å². The average molecular weight is 435 g/mol. The number of nitrogens with zero attached hydrogens (tertiary/aromatic N) is 2. The Kier molecular flexibility index (Phi) is 6.45. The first kappa shape index (κ1) is 20.5. The fraction of sp³-hybridized carbons (Fsp3) is 0.143. The lowest BCUT2D eigenvalue weighted by molar-refractivity contribution is -0.111. The Hall–Kier alpha value is -2.27. The van der Waals surface area contributed by atoms with Crippen molar-refractivity contribution in [1.82, 2.24) is 9.78 Å². The molecule has 1 aromatic heterocycles. The molecule has 4 nitrogen and oxygen atoms in total. The standard InChI is InChI=1S/C21H18Cl3N3O/c1-13-21(25-20(28)10-8-16-5-3-4-6-17(16)22)14(2)27(26-13)12-15-7-9-18(23)19(24)11-15/h3-11H,12H2,1-2H3,(H,25,28)/b10-8+. The summed E-state index contributed by atoms with van der Waals surface area (Å²) >= 11 is 18.2. The number of aromatic nitrogens is 2. The average Bonchev–Trinajstić information content (AvgIpc) is 2.91. The lowest BCUT2D eigenvalue weighted by atomic mass is 10.2. The number of carbonyl (C=O) groups is 1. The fourth-order valence-electron chi connectivity index (χ4n) is 2.78. The van der Waals surface area contributed by atoms with E-state index >= 15 is 0 Å². The van der Waals surface area contributed by atoms with Crippen molar-refractivity contribution in [3.05, 3.63) is 86.1 Å². The van der Waals surface area contributed by atoms with Crippen molar-refractivity contribution in [3.63, 3.8) is 0 Å². The van der Waals surface area contributed by atoms with E-state index in [-0.39, 0.29) is 5.91 Å². The minimum absolute atomic E-state index is 0.250. The zero-order chi connectivity index (χ0) is 20.3. The minimum Gasteiger partial charge on any atom is -0.319 e. The van der Waals surface area contributed by atoms with Gasteiger partial charge < -0.3 is 5.32 Å². The van der Waals surface area contributed by atoms with Gasteiger partial charge in [0, 0.05) is 11.1 Å². The molecule has 0 saturated carbocycles. The molecule has 0 bridgehead atoms. The highest BCUT2D eigenvalue weighted by molar-refractivity contribution is 6.42. The highest BCUT2D eigenvalue weighted by atomic mass is 35.5. The molecular formula is C21H18Cl3N3O. The van der Waals surface area contributed by atoms with Crippen molar-refractivity contribution in [2.75, 3.05) is 5.32 Å². The molecule has 0 radical (unpaired) electrons. The van der Waals surface area contributed by atoms with Crippen LogP contribution in [0.2, 0.25) is 15.1 Å². The van der Waals surface area contributed by atoms with E-state index in [0.29, 0.717) is 27.3 Å². The third-order valence-corrected chi connectivity index (χ3v) is 5.35. The summed E-state index contributed by atoms with van der Waals surface area (Å²) in [4.78, 5) is 12.3.